The third-order valence-corrected chi connectivity index (χ3v) is 4.24. The maximum absolute atomic E-state index is 12.7. The first-order valence-electron chi connectivity index (χ1n) is 7.78. The Labute approximate surface area is 130 Å². The maximum Gasteiger partial charge on any atom is 0.254 e. The summed E-state index contributed by atoms with van der Waals surface area (Å²) in [5, 5.41) is 2.88. The Balaban J connectivity index is 1.68. The smallest absolute Gasteiger partial charge is 0.254 e. The fourth-order valence-electron chi connectivity index (χ4n) is 2.68. The van der Waals surface area contributed by atoms with Gasteiger partial charge in [0.15, 0.2) is 0 Å². The number of morpholine rings is 1. The highest BCUT2D eigenvalue weighted by atomic mass is 16.5. The average Bonchev–Trinajstić information content (AvgIpc) is 3.31. The molecular weight excluding hydrogens is 280 g/mol. The fraction of sp³-hybridized carbons (Fsp3) is 0.529. The first-order valence-corrected chi connectivity index (χ1v) is 7.78. The van der Waals surface area contributed by atoms with E-state index in [0.717, 1.165) is 18.5 Å². The molecule has 1 saturated carbocycles. The zero-order valence-electron chi connectivity index (χ0n) is 13.1. The van der Waals surface area contributed by atoms with Crippen LogP contribution in [0.1, 0.15) is 37.0 Å². The van der Waals surface area contributed by atoms with E-state index in [0.29, 0.717) is 25.3 Å². The van der Waals surface area contributed by atoms with Crippen LogP contribution in [0.4, 0.5) is 5.69 Å². The van der Waals surface area contributed by atoms with Gasteiger partial charge in [-0.2, -0.15) is 0 Å². The number of hydrogen-bond donors (Lipinski definition) is 1. The van der Waals surface area contributed by atoms with Crippen molar-refractivity contribution >= 4 is 17.5 Å². The first kappa shape index (κ1) is 15.0. The van der Waals surface area contributed by atoms with Crippen LogP contribution >= 0.6 is 0 Å². The summed E-state index contributed by atoms with van der Waals surface area (Å²) in [6.07, 6.45) is 1.96. The third kappa shape index (κ3) is 3.14. The van der Waals surface area contributed by atoms with Crippen LogP contribution in [0.5, 0.6) is 0 Å². The van der Waals surface area contributed by atoms with E-state index in [4.69, 9.17) is 4.74 Å². The molecule has 0 atom stereocenters. The second kappa shape index (κ2) is 5.72. The van der Waals surface area contributed by atoms with Gasteiger partial charge in [-0.1, -0.05) is 0 Å². The molecule has 5 heteroatoms. The second-order valence-electron chi connectivity index (χ2n) is 6.66. The Bertz CT molecular complexity index is 576. The number of ether oxygens (including phenoxy) is 1. The van der Waals surface area contributed by atoms with E-state index in [1.165, 1.54) is 0 Å². The summed E-state index contributed by atoms with van der Waals surface area (Å²) in [5.74, 6) is 0.261. The Morgan fingerprint density at radius 1 is 1.23 bits per heavy atom. The first-order chi connectivity index (χ1) is 10.5. The Hall–Kier alpha value is -1.88. The van der Waals surface area contributed by atoms with Crippen LogP contribution in [0.3, 0.4) is 0 Å². The highest BCUT2D eigenvalue weighted by Crippen LogP contribution is 2.30. The van der Waals surface area contributed by atoms with Crippen LogP contribution < -0.4 is 5.32 Å². The SMILES string of the molecule is CC1(C)COCCN1C(=O)c1ccc(NC(=O)C2CC2)cc1. The maximum atomic E-state index is 12.7. The predicted octanol–water partition coefficient (Wildman–Crippen LogP) is 2.29. The van der Waals surface area contributed by atoms with Gasteiger partial charge in [0.05, 0.1) is 18.8 Å². The van der Waals surface area contributed by atoms with E-state index in [-0.39, 0.29) is 23.3 Å². The summed E-state index contributed by atoms with van der Waals surface area (Å²) in [6, 6.07) is 7.13. The molecular formula is C17H22N2O3. The molecule has 1 saturated heterocycles. The topological polar surface area (TPSA) is 58.6 Å². The number of nitrogens with one attached hydrogen (secondary N) is 1. The fourth-order valence-corrected chi connectivity index (χ4v) is 2.68. The Kier molecular flexibility index (Phi) is 3.91. The minimum atomic E-state index is -0.297. The van der Waals surface area contributed by atoms with Gasteiger partial charge >= 0.3 is 0 Å². The Morgan fingerprint density at radius 3 is 2.50 bits per heavy atom. The molecule has 2 amide bonds. The van der Waals surface area contributed by atoms with Crippen LogP contribution in [0, 0.1) is 5.92 Å². The summed E-state index contributed by atoms with van der Waals surface area (Å²) in [5.41, 5.74) is 1.09. The normalized spacial score (nSPS) is 20.5. The van der Waals surface area contributed by atoms with Crippen molar-refractivity contribution in [3.8, 4) is 0 Å². The molecule has 1 aliphatic carbocycles. The number of benzene rings is 1. The summed E-state index contributed by atoms with van der Waals surface area (Å²) >= 11 is 0. The van der Waals surface area contributed by atoms with Crippen molar-refractivity contribution in [2.24, 2.45) is 5.92 Å². The lowest BCUT2D eigenvalue weighted by Gasteiger charge is -2.42. The van der Waals surface area contributed by atoms with E-state index in [2.05, 4.69) is 5.32 Å². The molecule has 118 valence electrons. The van der Waals surface area contributed by atoms with Crippen LogP contribution in [0.25, 0.3) is 0 Å². The molecule has 22 heavy (non-hydrogen) atoms. The summed E-state index contributed by atoms with van der Waals surface area (Å²) < 4.78 is 5.45. The third-order valence-electron chi connectivity index (χ3n) is 4.24. The summed E-state index contributed by atoms with van der Waals surface area (Å²) in [4.78, 5) is 26.2. The lowest BCUT2D eigenvalue weighted by Crippen LogP contribution is -2.55. The monoisotopic (exact) mass is 302 g/mol. The molecule has 0 radical (unpaired) electrons. The van der Waals surface area contributed by atoms with Crippen LogP contribution in [-0.4, -0.2) is 42.0 Å². The Morgan fingerprint density at radius 2 is 1.91 bits per heavy atom. The van der Waals surface area contributed by atoms with Gasteiger partial charge in [-0.15, -0.1) is 0 Å². The molecule has 0 unspecified atom stereocenters. The van der Waals surface area contributed by atoms with Crippen molar-refractivity contribution in [2.75, 3.05) is 25.1 Å². The van der Waals surface area contributed by atoms with Crippen molar-refractivity contribution in [3.63, 3.8) is 0 Å². The molecule has 1 aliphatic heterocycles. The molecule has 5 nitrogen and oxygen atoms in total. The minimum absolute atomic E-state index is 0.00775. The van der Waals surface area contributed by atoms with Crippen molar-refractivity contribution in [2.45, 2.75) is 32.2 Å². The van der Waals surface area contributed by atoms with Gasteiger partial charge in [-0.25, -0.2) is 0 Å². The molecule has 1 heterocycles. The number of nitrogens with zero attached hydrogens (tertiary/aromatic N) is 1. The second-order valence-corrected chi connectivity index (χ2v) is 6.66. The molecule has 0 spiro atoms. The van der Waals surface area contributed by atoms with Crippen molar-refractivity contribution in [3.05, 3.63) is 29.8 Å². The molecule has 2 fully saturated rings. The van der Waals surface area contributed by atoms with Gasteiger partial charge in [-0.3, -0.25) is 9.59 Å². The van der Waals surface area contributed by atoms with Gasteiger partial charge in [0.25, 0.3) is 5.91 Å². The highest BCUT2D eigenvalue weighted by molar-refractivity contribution is 5.97. The standard InChI is InChI=1S/C17H22N2O3/c1-17(2)11-22-10-9-19(17)16(21)13-5-7-14(8-6-13)18-15(20)12-3-4-12/h5-8,12H,3-4,9-11H2,1-2H3,(H,18,20). The van der Waals surface area contributed by atoms with Crippen molar-refractivity contribution in [1.29, 1.82) is 0 Å². The number of anilines is 1. The zero-order valence-corrected chi connectivity index (χ0v) is 13.1. The number of carbonyl (C=O) groups excluding carboxylic acids is 2. The van der Waals surface area contributed by atoms with E-state index in [9.17, 15) is 9.59 Å². The highest BCUT2D eigenvalue weighted by Gasteiger charge is 2.34. The zero-order chi connectivity index (χ0) is 15.7. The van der Waals surface area contributed by atoms with Crippen LogP contribution in [0.15, 0.2) is 24.3 Å². The molecule has 3 rings (SSSR count). The van der Waals surface area contributed by atoms with Crippen molar-refractivity contribution in [1.82, 2.24) is 4.90 Å². The lowest BCUT2D eigenvalue weighted by atomic mass is 10.0. The number of hydrogen-bond acceptors (Lipinski definition) is 3. The molecule has 1 N–H and O–H groups in total. The van der Waals surface area contributed by atoms with Gasteiger partial charge < -0.3 is 15.0 Å². The van der Waals surface area contributed by atoms with E-state index in [1.54, 1.807) is 24.3 Å². The number of carbonyl (C=O) groups is 2. The number of amides is 2. The van der Waals surface area contributed by atoms with E-state index in [1.807, 2.05) is 18.7 Å². The molecule has 1 aromatic rings. The lowest BCUT2D eigenvalue weighted by molar-refractivity contribution is -0.117. The predicted molar refractivity (Wildman–Crippen MR) is 83.7 cm³/mol. The van der Waals surface area contributed by atoms with Crippen LogP contribution in [0.2, 0.25) is 0 Å². The van der Waals surface area contributed by atoms with Gasteiger partial charge in [-0.05, 0) is 51.0 Å². The molecule has 0 bridgehead atoms. The molecule has 1 aromatic carbocycles. The quantitative estimate of drug-likeness (QED) is 0.932. The van der Waals surface area contributed by atoms with E-state index >= 15 is 0 Å². The van der Waals surface area contributed by atoms with Gasteiger partial charge in [0.2, 0.25) is 5.91 Å². The molecule has 2 aliphatic rings. The largest absolute Gasteiger partial charge is 0.377 e. The van der Waals surface area contributed by atoms with Crippen LogP contribution in [-0.2, 0) is 9.53 Å². The van der Waals surface area contributed by atoms with E-state index < -0.39 is 0 Å². The van der Waals surface area contributed by atoms with Crippen molar-refractivity contribution < 1.29 is 14.3 Å². The summed E-state index contributed by atoms with van der Waals surface area (Å²) in [7, 11) is 0. The summed E-state index contributed by atoms with van der Waals surface area (Å²) in [6.45, 7) is 5.74. The number of rotatable bonds is 3. The van der Waals surface area contributed by atoms with Gasteiger partial charge in [0, 0.05) is 23.7 Å². The van der Waals surface area contributed by atoms with Gasteiger partial charge in [0.1, 0.15) is 0 Å². The minimum Gasteiger partial charge on any atom is -0.377 e. The average molecular weight is 302 g/mol. The molecule has 0 aromatic heterocycles.